The van der Waals surface area contributed by atoms with E-state index in [4.69, 9.17) is 23.2 Å². The van der Waals surface area contributed by atoms with Crippen molar-refractivity contribution in [2.45, 2.75) is 19.9 Å². The first-order chi connectivity index (χ1) is 11.2. The minimum absolute atomic E-state index is 0.489. The molecule has 0 bridgehead atoms. The molecular weight excluding hydrogens is 335 g/mol. The van der Waals surface area contributed by atoms with Gasteiger partial charge in [0.05, 0.1) is 5.02 Å². The number of halogens is 2. The normalized spacial score (nSPS) is 10.7. The van der Waals surface area contributed by atoms with Crippen molar-refractivity contribution in [3.8, 4) is 11.4 Å². The summed E-state index contributed by atoms with van der Waals surface area (Å²) in [6.45, 7) is 2.81. The van der Waals surface area contributed by atoms with Gasteiger partial charge < -0.3 is 5.32 Å². The Kier molecular flexibility index (Phi) is 4.73. The highest BCUT2D eigenvalue weighted by Gasteiger charge is 2.11. The van der Waals surface area contributed by atoms with Gasteiger partial charge in [-0.3, -0.25) is 0 Å². The molecule has 0 radical (unpaired) electrons. The van der Waals surface area contributed by atoms with Crippen LogP contribution in [0.25, 0.3) is 11.4 Å². The van der Waals surface area contributed by atoms with E-state index in [0.29, 0.717) is 21.7 Å². The predicted molar refractivity (Wildman–Crippen MR) is 91.1 cm³/mol. The van der Waals surface area contributed by atoms with Crippen molar-refractivity contribution in [3.63, 3.8) is 0 Å². The number of nitrogens with zero attached hydrogens (tertiary/aromatic N) is 5. The first-order valence-corrected chi connectivity index (χ1v) is 7.87. The number of benzene rings is 1. The number of anilines is 2. The van der Waals surface area contributed by atoms with E-state index in [1.807, 2.05) is 12.1 Å². The Hall–Kier alpha value is -2.18. The molecule has 3 aromatic rings. The SMILES string of the molecule is CCCn1nnnc1-c1cnc(Nc2ccc(Cl)cc2)c(Cl)c1. The monoisotopic (exact) mass is 348 g/mol. The van der Waals surface area contributed by atoms with E-state index < -0.39 is 0 Å². The van der Waals surface area contributed by atoms with Gasteiger partial charge in [-0.05, 0) is 47.2 Å². The molecule has 0 fully saturated rings. The highest BCUT2D eigenvalue weighted by Crippen LogP contribution is 2.28. The van der Waals surface area contributed by atoms with Crippen molar-refractivity contribution < 1.29 is 0 Å². The second kappa shape index (κ2) is 6.93. The molecule has 23 heavy (non-hydrogen) atoms. The maximum Gasteiger partial charge on any atom is 0.183 e. The summed E-state index contributed by atoms with van der Waals surface area (Å²) in [6, 6.07) is 9.10. The molecule has 3 rings (SSSR count). The van der Waals surface area contributed by atoms with Crippen LogP contribution < -0.4 is 5.32 Å². The number of aromatic nitrogens is 5. The zero-order chi connectivity index (χ0) is 16.2. The van der Waals surface area contributed by atoms with Gasteiger partial charge in [-0.1, -0.05) is 30.1 Å². The maximum atomic E-state index is 6.33. The maximum absolute atomic E-state index is 6.33. The van der Waals surface area contributed by atoms with Crippen LogP contribution in [0.5, 0.6) is 0 Å². The molecule has 0 saturated heterocycles. The molecule has 0 unspecified atom stereocenters. The lowest BCUT2D eigenvalue weighted by Gasteiger charge is -2.09. The second-order valence-electron chi connectivity index (χ2n) is 4.91. The zero-order valence-electron chi connectivity index (χ0n) is 12.4. The Morgan fingerprint density at radius 1 is 1.17 bits per heavy atom. The van der Waals surface area contributed by atoms with Crippen LogP contribution in [0.1, 0.15) is 13.3 Å². The predicted octanol–water partition coefficient (Wildman–Crippen LogP) is 4.20. The van der Waals surface area contributed by atoms with Gasteiger partial charge in [0.2, 0.25) is 0 Å². The molecule has 0 aliphatic heterocycles. The molecule has 1 aromatic carbocycles. The number of aryl methyl sites for hydroxylation is 1. The van der Waals surface area contributed by atoms with Crippen LogP contribution in [0, 0.1) is 0 Å². The zero-order valence-corrected chi connectivity index (χ0v) is 13.9. The van der Waals surface area contributed by atoms with E-state index in [2.05, 4.69) is 32.7 Å². The van der Waals surface area contributed by atoms with E-state index in [-0.39, 0.29) is 0 Å². The molecule has 8 heteroatoms. The summed E-state index contributed by atoms with van der Waals surface area (Å²) >= 11 is 12.2. The summed E-state index contributed by atoms with van der Waals surface area (Å²) in [5.41, 5.74) is 1.63. The first kappa shape index (κ1) is 15.7. The van der Waals surface area contributed by atoms with E-state index in [1.54, 1.807) is 29.1 Å². The fourth-order valence-corrected chi connectivity index (χ4v) is 2.44. The molecule has 0 atom stereocenters. The summed E-state index contributed by atoms with van der Waals surface area (Å²) in [4.78, 5) is 4.37. The molecule has 1 N–H and O–H groups in total. The summed E-state index contributed by atoms with van der Waals surface area (Å²) < 4.78 is 1.74. The highest BCUT2D eigenvalue weighted by atomic mass is 35.5. The molecule has 0 saturated carbocycles. The lowest BCUT2D eigenvalue weighted by atomic mass is 10.2. The van der Waals surface area contributed by atoms with Crippen LogP contribution in [0.15, 0.2) is 36.5 Å². The van der Waals surface area contributed by atoms with E-state index >= 15 is 0 Å². The molecule has 0 spiro atoms. The van der Waals surface area contributed by atoms with Crippen molar-refractivity contribution in [1.29, 1.82) is 0 Å². The molecule has 0 amide bonds. The smallest absolute Gasteiger partial charge is 0.183 e. The lowest BCUT2D eigenvalue weighted by Crippen LogP contribution is -2.02. The molecule has 2 aromatic heterocycles. The molecule has 0 aliphatic carbocycles. The molecule has 2 heterocycles. The lowest BCUT2D eigenvalue weighted by molar-refractivity contribution is 0.583. The van der Waals surface area contributed by atoms with Crippen LogP contribution in [0.2, 0.25) is 10.0 Å². The van der Waals surface area contributed by atoms with Gasteiger partial charge in [0.25, 0.3) is 0 Å². The summed E-state index contributed by atoms with van der Waals surface area (Å²) in [7, 11) is 0. The largest absolute Gasteiger partial charge is 0.339 e. The van der Waals surface area contributed by atoms with Crippen molar-refractivity contribution >= 4 is 34.7 Å². The molecule has 118 valence electrons. The number of nitrogens with one attached hydrogen (secondary N) is 1. The number of tetrazole rings is 1. The van der Waals surface area contributed by atoms with Gasteiger partial charge in [-0.15, -0.1) is 5.10 Å². The van der Waals surface area contributed by atoms with E-state index in [0.717, 1.165) is 24.2 Å². The number of rotatable bonds is 5. The average Bonchev–Trinajstić information content (AvgIpc) is 3.00. The minimum Gasteiger partial charge on any atom is -0.339 e. The number of hydrogen-bond donors (Lipinski definition) is 1. The Morgan fingerprint density at radius 2 is 1.96 bits per heavy atom. The Labute approximate surface area is 143 Å². The fraction of sp³-hybridized carbons (Fsp3) is 0.200. The highest BCUT2D eigenvalue weighted by molar-refractivity contribution is 6.33. The average molecular weight is 349 g/mol. The van der Waals surface area contributed by atoms with Crippen molar-refractivity contribution in [1.82, 2.24) is 25.2 Å². The van der Waals surface area contributed by atoms with Crippen LogP contribution in [-0.2, 0) is 6.54 Å². The van der Waals surface area contributed by atoms with Gasteiger partial charge in [0.15, 0.2) is 5.82 Å². The van der Waals surface area contributed by atoms with Gasteiger partial charge in [-0.2, -0.15) is 0 Å². The quantitative estimate of drug-likeness (QED) is 0.748. The van der Waals surface area contributed by atoms with Crippen molar-refractivity contribution in [3.05, 3.63) is 46.6 Å². The van der Waals surface area contributed by atoms with Gasteiger partial charge in [0, 0.05) is 29.0 Å². The third kappa shape index (κ3) is 3.60. The van der Waals surface area contributed by atoms with Crippen LogP contribution >= 0.6 is 23.2 Å². The fourth-order valence-electron chi connectivity index (χ4n) is 2.10. The summed E-state index contributed by atoms with van der Waals surface area (Å²) in [5.74, 6) is 1.21. The molecule has 6 nitrogen and oxygen atoms in total. The van der Waals surface area contributed by atoms with Gasteiger partial charge >= 0.3 is 0 Å². The topological polar surface area (TPSA) is 68.5 Å². The van der Waals surface area contributed by atoms with Crippen molar-refractivity contribution in [2.24, 2.45) is 0 Å². The Balaban J connectivity index is 1.85. The van der Waals surface area contributed by atoms with E-state index in [1.165, 1.54) is 0 Å². The number of pyridine rings is 1. The van der Waals surface area contributed by atoms with Gasteiger partial charge in [-0.25, -0.2) is 9.67 Å². The summed E-state index contributed by atoms with van der Waals surface area (Å²) in [5, 5.41) is 16.0. The van der Waals surface area contributed by atoms with Gasteiger partial charge in [0.1, 0.15) is 5.82 Å². The van der Waals surface area contributed by atoms with Crippen LogP contribution in [0.4, 0.5) is 11.5 Å². The minimum atomic E-state index is 0.489. The Bertz CT molecular complexity index is 800. The van der Waals surface area contributed by atoms with Crippen molar-refractivity contribution in [2.75, 3.05) is 5.32 Å². The second-order valence-corrected chi connectivity index (χ2v) is 5.76. The Morgan fingerprint density at radius 3 is 2.65 bits per heavy atom. The number of hydrogen-bond acceptors (Lipinski definition) is 5. The third-order valence-corrected chi connectivity index (χ3v) is 3.71. The summed E-state index contributed by atoms with van der Waals surface area (Å²) in [6.07, 6.45) is 2.64. The first-order valence-electron chi connectivity index (χ1n) is 7.12. The van der Waals surface area contributed by atoms with Crippen LogP contribution in [0.3, 0.4) is 0 Å². The van der Waals surface area contributed by atoms with E-state index in [9.17, 15) is 0 Å². The standard InChI is InChI=1S/C15H14Cl2N6/c1-2-7-23-15(20-21-22-23)10-8-13(17)14(18-9-10)19-12-5-3-11(16)4-6-12/h3-6,8-9H,2,7H2,1H3,(H,18,19). The third-order valence-electron chi connectivity index (χ3n) is 3.17. The van der Waals surface area contributed by atoms with Crippen LogP contribution in [-0.4, -0.2) is 25.2 Å². The molecule has 0 aliphatic rings. The molecular formula is C15H14Cl2N6.